The first-order valence-corrected chi connectivity index (χ1v) is 6.98. The second-order valence-electron chi connectivity index (χ2n) is 4.01. The van der Waals surface area contributed by atoms with Gasteiger partial charge in [0.25, 0.3) is 0 Å². The molecule has 0 bridgehead atoms. The first-order chi connectivity index (χ1) is 8.56. The number of aliphatic hydroxyl groups excluding tert-OH is 1. The summed E-state index contributed by atoms with van der Waals surface area (Å²) in [5, 5.41) is 11.5. The van der Waals surface area contributed by atoms with Crippen LogP contribution in [0, 0.1) is 0 Å². The lowest BCUT2D eigenvalue weighted by molar-refractivity contribution is 0.178. The van der Waals surface area contributed by atoms with E-state index >= 15 is 0 Å². The van der Waals surface area contributed by atoms with Crippen molar-refractivity contribution in [3.8, 4) is 0 Å². The van der Waals surface area contributed by atoms with E-state index in [-0.39, 0.29) is 0 Å². The highest BCUT2D eigenvalue weighted by Gasteiger charge is 2.12. The molecule has 0 saturated carbocycles. The van der Waals surface area contributed by atoms with E-state index in [1.54, 1.807) is 12.1 Å². The molecular weight excluding hydrogens is 335 g/mol. The number of benzene rings is 2. The predicted molar refractivity (Wildman–Crippen MR) is 79.3 cm³/mol. The van der Waals surface area contributed by atoms with E-state index in [4.69, 9.17) is 23.2 Å². The molecule has 1 nitrogen and oxygen atoms in total. The molecule has 0 spiro atoms. The molecule has 4 heteroatoms. The van der Waals surface area contributed by atoms with Gasteiger partial charge < -0.3 is 5.11 Å². The van der Waals surface area contributed by atoms with E-state index in [0.717, 1.165) is 15.6 Å². The van der Waals surface area contributed by atoms with Gasteiger partial charge in [0, 0.05) is 20.9 Å². The van der Waals surface area contributed by atoms with E-state index in [0.29, 0.717) is 16.5 Å². The number of aliphatic hydroxyl groups is 1. The summed E-state index contributed by atoms with van der Waals surface area (Å²) in [6, 6.07) is 12.9. The Balaban J connectivity index is 2.22. The fourth-order valence-corrected chi connectivity index (χ4v) is 2.86. The zero-order valence-electron chi connectivity index (χ0n) is 9.41. The first-order valence-electron chi connectivity index (χ1n) is 5.44. The van der Waals surface area contributed by atoms with Crippen molar-refractivity contribution in [2.24, 2.45) is 0 Å². The fraction of sp³-hybridized carbons (Fsp3) is 0.143. The zero-order valence-corrected chi connectivity index (χ0v) is 12.5. The van der Waals surface area contributed by atoms with Gasteiger partial charge in [0.1, 0.15) is 0 Å². The van der Waals surface area contributed by atoms with Crippen LogP contribution < -0.4 is 0 Å². The molecular formula is C14H11BrCl2O. The molecule has 0 saturated heterocycles. The van der Waals surface area contributed by atoms with E-state index in [2.05, 4.69) is 15.9 Å². The van der Waals surface area contributed by atoms with Crippen molar-refractivity contribution >= 4 is 39.1 Å². The molecule has 0 radical (unpaired) electrons. The smallest absolute Gasteiger partial charge is 0.0831 e. The van der Waals surface area contributed by atoms with Gasteiger partial charge in [-0.3, -0.25) is 0 Å². The van der Waals surface area contributed by atoms with Crippen molar-refractivity contribution in [2.45, 2.75) is 12.5 Å². The Morgan fingerprint density at radius 3 is 2.50 bits per heavy atom. The molecule has 0 heterocycles. The summed E-state index contributed by atoms with van der Waals surface area (Å²) in [6.07, 6.45) is -0.160. The van der Waals surface area contributed by atoms with Gasteiger partial charge >= 0.3 is 0 Å². The van der Waals surface area contributed by atoms with E-state index < -0.39 is 6.10 Å². The third-order valence-corrected chi connectivity index (χ3v) is 3.69. The average molecular weight is 346 g/mol. The Kier molecular flexibility index (Phi) is 4.68. The van der Waals surface area contributed by atoms with Gasteiger partial charge in [-0.15, -0.1) is 0 Å². The molecule has 0 aromatic heterocycles. The third-order valence-electron chi connectivity index (χ3n) is 2.64. The van der Waals surface area contributed by atoms with Gasteiger partial charge in [0.15, 0.2) is 0 Å². The Labute approximate surface area is 124 Å². The lowest BCUT2D eigenvalue weighted by Crippen LogP contribution is -2.02. The second kappa shape index (κ2) is 6.07. The highest BCUT2D eigenvalue weighted by molar-refractivity contribution is 9.10. The predicted octanol–water partition coefficient (Wildman–Crippen LogP) is 5.03. The van der Waals surface area contributed by atoms with Gasteiger partial charge in [-0.2, -0.15) is 0 Å². The van der Waals surface area contributed by atoms with Crippen LogP contribution in [0.25, 0.3) is 0 Å². The lowest BCUT2D eigenvalue weighted by atomic mass is 10.0. The average Bonchev–Trinajstić information content (AvgIpc) is 2.31. The van der Waals surface area contributed by atoms with Crippen LogP contribution in [-0.4, -0.2) is 5.11 Å². The van der Waals surface area contributed by atoms with E-state index in [1.165, 1.54) is 0 Å². The minimum Gasteiger partial charge on any atom is -0.388 e. The van der Waals surface area contributed by atoms with Crippen molar-refractivity contribution in [1.82, 2.24) is 0 Å². The number of hydrogen-bond donors (Lipinski definition) is 1. The fourth-order valence-electron chi connectivity index (χ4n) is 1.76. The summed E-state index contributed by atoms with van der Waals surface area (Å²) in [5.41, 5.74) is 1.69. The SMILES string of the molecule is OC(Cc1ccccc1Cl)c1cc(Cl)cc(Br)c1. The molecule has 0 fully saturated rings. The van der Waals surface area contributed by atoms with Crippen LogP contribution in [0.5, 0.6) is 0 Å². The van der Waals surface area contributed by atoms with Crippen molar-refractivity contribution in [1.29, 1.82) is 0 Å². The largest absolute Gasteiger partial charge is 0.388 e. The quantitative estimate of drug-likeness (QED) is 0.826. The normalized spacial score (nSPS) is 12.4. The van der Waals surface area contributed by atoms with Crippen LogP contribution in [0.2, 0.25) is 10.0 Å². The summed E-state index contributed by atoms with van der Waals surface area (Å²) in [4.78, 5) is 0. The second-order valence-corrected chi connectivity index (χ2v) is 5.77. The monoisotopic (exact) mass is 344 g/mol. The molecule has 1 unspecified atom stereocenters. The van der Waals surface area contributed by atoms with Crippen LogP contribution in [-0.2, 0) is 6.42 Å². The molecule has 0 aliphatic heterocycles. The highest BCUT2D eigenvalue weighted by atomic mass is 79.9. The number of rotatable bonds is 3. The lowest BCUT2D eigenvalue weighted by Gasteiger charge is -2.13. The topological polar surface area (TPSA) is 20.2 Å². The first kappa shape index (κ1) is 13.9. The maximum absolute atomic E-state index is 10.2. The molecule has 2 aromatic carbocycles. The molecule has 94 valence electrons. The Morgan fingerprint density at radius 1 is 1.11 bits per heavy atom. The number of halogens is 3. The van der Waals surface area contributed by atoms with Gasteiger partial charge in [-0.1, -0.05) is 57.3 Å². The minimum atomic E-state index is -0.625. The molecule has 1 N–H and O–H groups in total. The summed E-state index contributed by atoms with van der Waals surface area (Å²) in [5.74, 6) is 0. The molecule has 0 aliphatic rings. The summed E-state index contributed by atoms with van der Waals surface area (Å²) >= 11 is 15.4. The van der Waals surface area contributed by atoms with E-state index in [1.807, 2.05) is 30.3 Å². The summed E-state index contributed by atoms with van der Waals surface area (Å²) in [6.45, 7) is 0. The van der Waals surface area contributed by atoms with Crippen molar-refractivity contribution < 1.29 is 5.11 Å². The van der Waals surface area contributed by atoms with Crippen LogP contribution in [0.1, 0.15) is 17.2 Å². The van der Waals surface area contributed by atoms with Crippen molar-refractivity contribution in [3.05, 3.63) is 68.1 Å². The van der Waals surface area contributed by atoms with Crippen molar-refractivity contribution in [3.63, 3.8) is 0 Å². The molecule has 0 amide bonds. The maximum Gasteiger partial charge on any atom is 0.0831 e. The van der Waals surface area contributed by atoms with Gasteiger partial charge in [0.2, 0.25) is 0 Å². The van der Waals surface area contributed by atoms with Crippen LogP contribution >= 0.6 is 39.1 Å². The molecule has 2 rings (SSSR count). The van der Waals surface area contributed by atoms with Gasteiger partial charge in [0.05, 0.1) is 6.10 Å². The zero-order chi connectivity index (χ0) is 13.1. The van der Waals surface area contributed by atoms with Crippen LogP contribution in [0.3, 0.4) is 0 Å². The standard InChI is InChI=1S/C14H11BrCl2O/c15-11-5-10(6-12(16)8-11)14(18)7-9-3-1-2-4-13(9)17/h1-6,8,14,18H,7H2. The van der Waals surface area contributed by atoms with Crippen LogP contribution in [0.4, 0.5) is 0 Å². The summed E-state index contributed by atoms with van der Waals surface area (Å²) in [7, 11) is 0. The molecule has 1 atom stereocenters. The van der Waals surface area contributed by atoms with Gasteiger partial charge in [-0.25, -0.2) is 0 Å². The third kappa shape index (κ3) is 3.48. The Morgan fingerprint density at radius 2 is 1.83 bits per heavy atom. The van der Waals surface area contributed by atoms with Crippen LogP contribution in [0.15, 0.2) is 46.9 Å². The van der Waals surface area contributed by atoms with E-state index in [9.17, 15) is 5.11 Å². The Hall–Kier alpha value is -0.540. The summed E-state index contributed by atoms with van der Waals surface area (Å²) < 4.78 is 0.850. The number of hydrogen-bond acceptors (Lipinski definition) is 1. The maximum atomic E-state index is 10.2. The highest BCUT2D eigenvalue weighted by Crippen LogP contribution is 2.27. The molecule has 18 heavy (non-hydrogen) atoms. The minimum absolute atomic E-state index is 0.465. The Bertz CT molecular complexity index is 537. The van der Waals surface area contributed by atoms with Crippen molar-refractivity contribution in [2.75, 3.05) is 0 Å². The van der Waals surface area contributed by atoms with Gasteiger partial charge in [-0.05, 0) is 35.4 Å². The molecule has 0 aliphatic carbocycles. The molecule has 2 aromatic rings.